The first-order valence-corrected chi connectivity index (χ1v) is 18.9. The molecule has 264 valence electrons. The minimum Gasteiger partial charge on any atom is -0.311 e. The van der Waals surface area contributed by atoms with Crippen molar-refractivity contribution in [2.24, 2.45) is 0 Å². The molecule has 0 aliphatic carbocycles. The van der Waals surface area contributed by atoms with Gasteiger partial charge in [0.25, 0.3) is 0 Å². The van der Waals surface area contributed by atoms with E-state index >= 15 is 0 Å². The van der Waals surface area contributed by atoms with E-state index in [1.807, 2.05) is 6.07 Å². The fraction of sp³-hybridized carbons (Fsp3) is 0. The molecule has 0 bridgehead atoms. The van der Waals surface area contributed by atoms with Crippen LogP contribution in [0, 0.1) is 0 Å². The Kier molecular flexibility index (Phi) is 8.47. The molecule has 10 aromatic rings. The van der Waals surface area contributed by atoms with Gasteiger partial charge in [-0.2, -0.15) is 0 Å². The maximum atomic E-state index is 4.43. The van der Waals surface area contributed by atoms with Crippen LogP contribution in [0.25, 0.3) is 72.3 Å². The zero-order valence-electron chi connectivity index (χ0n) is 30.6. The molecular formula is C52H36N4. The molecule has 0 N–H and O–H groups in total. The first-order chi connectivity index (χ1) is 27.8. The summed E-state index contributed by atoms with van der Waals surface area (Å²) in [7, 11) is 0. The van der Waals surface area contributed by atoms with Crippen molar-refractivity contribution >= 4 is 38.9 Å². The van der Waals surface area contributed by atoms with Crippen LogP contribution in [0.1, 0.15) is 0 Å². The molecule has 0 fully saturated rings. The summed E-state index contributed by atoms with van der Waals surface area (Å²) in [6, 6.07) is 73.5. The summed E-state index contributed by atoms with van der Waals surface area (Å²) in [4.78, 5) is 11.2. The lowest BCUT2D eigenvalue weighted by atomic mass is 10.0. The van der Waals surface area contributed by atoms with Crippen molar-refractivity contribution in [1.29, 1.82) is 0 Å². The molecule has 56 heavy (non-hydrogen) atoms. The van der Waals surface area contributed by atoms with Gasteiger partial charge in [0.05, 0.1) is 11.0 Å². The number of aromatic nitrogens is 3. The molecule has 0 amide bonds. The molecule has 0 radical (unpaired) electrons. The third-order valence-corrected chi connectivity index (χ3v) is 10.5. The van der Waals surface area contributed by atoms with Crippen LogP contribution in [0.2, 0.25) is 0 Å². The van der Waals surface area contributed by atoms with Crippen molar-refractivity contribution in [1.82, 2.24) is 14.5 Å². The van der Waals surface area contributed by atoms with E-state index in [1.54, 1.807) is 12.4 Å². The second kappa shape index (κ2) is 14.3. The average molecular weight is 717 g/mol. The summed E-state index contributed by atoms with van der Waals surface area (Å²) in [5.41, 5.74) is 14.9. The molecular weight excluding hydrogens is 681 g/mol. The molecule has 4 nitrogen and oxygen atoms in total. The number of hydrogen-bond donors (Lipinski definition) is 0. The van der Waals surface area contributed by atoms with Crippen molar-refractivity contribution in [3.63, 3.8) is 0 Å². The normalized spacial score (nSPS) is 11.2. The number of nitrogens with zero attached hydrogens (tertiary/aromatic N) is 4. The van der Waals surface area contributed by atoms with Crippen molar-refractivity contribution < 1.29 is 0 Å². The number of hydrogen-bond acceptors (Lipinski definition) is 3. The predicted molar refractivity (Wildman–Crippen MR) is 233 cm³/mol. The highest BCUT2D eigenvalue weighted by atomic mass is 15.1. The van der Waals surface area contributed by atoms with Crippen molar-refractivity contribution in [3.8, 4) is 50.5 Å². The maximum absolute atomic E-state index is 4.43. The van der Waals surface area contributed by atoms with Gasteiger partial charge >= 0.3 is 0 Å². The first kappa shape index (κ1) is 33.0. The Bertz CT molecular complexity index is 2820. The average Bonchev–Trinajstić information content (AvgIpc) is 3.62. The van der Waals surface area contributed by atoms with Crippen molar-refractivity contribution in [3.05, 3.63) is 219 Å². The van der Waals surface area contributed by atoms with Crippen molar-refractivity contribution in [2.45, 2.75) is 0 Å². The summed E-state index contributed by atoms with van der Waals surface area (Å²) in [6.07, 6.45) is 3.56. The van der Waals surface area contributed by atoms with Gasteiger partial charge in [0, 0.05) is 51.5 Å². The minimum atomic E-state index is 0.724. The Morgan fingerprint density at radius 2 is 0.750 bits per heavy atom. The Morgan fingerprint density at radius 1 is 0.321 bits per heavy atom. The summed E-state index contributed by atoms with van der Waals surface area (Å²) < 4.78 is 2.34. The fourth-order valence-corrected chi connectivity index (χ4v) is 7.76. The second-order valence-electron chi connectivity index (χ2n) is 13.9. The van der Waals surface area contributed by atoms with Crippen LogP contribution in [-0.4, -0.2) is 14.5 Å². The summed E-state index contributed by atoms with van der Waals surface area (Å²) in [6.45, 7) is 0. The van der Waals surface area contributed by atoms with Gasteiger partial charge in [-0.25, -0.2) is 9.97 Å². The number of para-hydroxylation sites is 1. The maximum Gasteiger partial charge on any atom is 0.159 e. The van der Waals surface area contributed by atoms with E-state index in [2.05, 4.69) is 220 Å². The van der Waals surface area contributed by atoms with E-state index in [-0.39, 0.29) is 0 Å². The van der Waals surface area contributed by atoms with E-state index in [0.717, 1.165) is 34.1 Å². The van der Waals surface area contributed by atoms with Gasteiger partial charge in [-0.05, 0) is 118 Å². The molecule has 0 saturated heterocycles. The lowest BCUT2D eigenvalue weighted by Crippen LogP contribution is -2.09. The molecule has 2 aromatic heterocycles. The zero-order valence-corrected chi connectivity index (χ0v) is 30.6. The third-order valence-electron chi connectivity index (χ3n) is 10.5. The second-order valence-corrected chi connectivity index (χ2v) is 13.9. The van der Waals surface area contributed by atoms with Gasteiger partial charge in [0.2, 0.25) is 0 Å². The molecule has 2 heterocycles. The zero-order chi connectivity index (χ0) is 37.3. The van der Waals surface area contributed by atoms with Gasteiger partial charge in [-0.15, -0.1) is 0 Å². The molecule has 0 atom stereocenters. The summed E-state index contributed by atoms with van der Waals surface area (Å²) in [5, 5.41) is 2.44. The highest BCUT2D eigenvalue weighted by Gasteiger charge is 2.16. The number of anilines is 3. The Hall–Kier alpha value is -7.56. The number of benzene rings is 8. The standard InChI is InChI=1S/C52H36N4/c1-3-10-37(11-4-1)39-16-25-44(26-17-39)55(45-27-18-40(19-28-45)38-12-5-2-6-13-38)46-29-20-41(21-30-46)43-24-33-51-49(36-43)48-14-7-8-15-50(48)56(51)47-31-22-42(23-32-47)52-53-34-9-35-54-52/h1-36H. The van der Waals surface area contributed by atoms with Gasteiger partial charge in [0.15, 0.2) is 5.82 Å². The predicted octanol–water partition coefficient (Wildman–Crippen LogP) is 13.7. The molecule has 0 aliphatic rings. The quantitative estimate of drug-likeness (QED) is 0.157. The van der Waals surface area contributed by atoms with Crippen LogP contribution < -0.4 is 4.90 Å². The Morgan fingerprint density at radius 3 is 1.30 bits per heavy atom. The SMILES string of the molecule is c1ccc(-c2ccc(N(c3ccc(-c4ccccc4)cc3)c3ccc(-c4ccc5c(c4)c4ccccc4n5-c4ccc(-c5ncccn5)cc4)cc3)cc2)cc1. The highest BCUT2D eigenvalue weighted by Crippen LogP contribution is 2.39. The first-order valence-electron chi connectivity index (χ1n) is 18.9. The van der Waals surface area contributed by atoms with Crippen LogP contribution in [-0.2, 0) is 0 Å². The van der Waals surface area contributed by atoms with E-state index in [0.29, 0.717) is 0 Å². The minimum absolute atomic E-state index is 0.724. The molecule has 0 saturated carbocycles. The molecule has 8 aromatic carbocycles. The van der Waals surface area contributed by atoms with E-state index in [9.17, 15) is 0 Å². The van der Waals surface area contributed by atoms with Crippen LogP contribution in [0.15, 0.2) is 219 Å². The molecule has 4 heteroatoms. The van der Waals surface area contributed by atoms with Crippen LogP contribution in [0.3, 0.4) is 0 Å². The molecule has 10 rings (SSSR count). The highest BCUT2D eigenvalue weighted by molar-refractivity contribution is 6.10. The lowest BCUT2D eigenvalue weighted by molar-refractivity contribution is 1.16. The summed E-state index contributed by atoms with van der Waals surface area (Å²) in [5.74, 6) is 0.724. The van der Waals surface area contributed by atoms with Crippen LogP contribution in [0.5, 0.6) is 0 Å². The fourth-order valence-electron chi connectivity index (χ4n) is 7.76. The summed E-state index contributed by atoms with van der Waals surface area (Å²) >= 11 is 0. The monoisotopic (exact) mass is 716 g/mol. The van der Waals surface area contributed by atoms with Gasteiger partial charge in [-0.1, -0.05) is 121 Å². The Balaban J connectivity index is 1.01. The smallest absolute Gasteiger partial charge is 0.159 e. The van der Waals surface area contributed by atoms with Gasteiger partial charge in [-0.3, -0.25) is 0 Å². The van der Waals surface area contributed by atoms with Crippen molar-refractivity contribution in [2.75, 3.05) is 4.90 Å². The lowest BCUT2D eigenvalue weighted by Gasteiger charge is -2.26. The Labute approximate surface area is 326 Å². The third kappa shape index (κ3) is 6.19. The number of rotatable bonds is 8. The van der Waals surface area contributed by atoms with Gasteiger partial charge in [0.1, 0.15) is 0 Å². The number of fused-ring (bicyclic) bond motifs is 3. The molecule has 0 unspecified atom stereocenters. The van der Waals surface area contributed by atoms with Gasteiger partial charge < -0.3 is 9.47 Å². The van der Waals surface area contributed by atoms with Crippen LogP contribution >= 0.6 is 0 Å². The topological polar surface area (TPSA) is 34.0 Å². The van der Waals surface area contributed by atoms with E-state index < -0.39 is 0 Å². The van der Waals surface area contributed by atoms with Crippen LogP contribution in [0.4, 0.5) is 17.1 Å². The van der Waals surface area contributed by atoms with E-state index in [4.69, 9.17) is 0 Å². The molecule has 0 aliphatic heterocycles. The largest absolute Gasteiger partial charge is 0.311 e. The molecule has 0 spiro atoms. The van der Waals surface area contributed by atoms with E-state index in [1.165, 1.54) is 55.2 Å².